The first-order chi connectivity index (χ1) is 13.7. The molecule has 1 aliphatic rings. The summed E-state index contributed by atoms with van der Waals surface area (Å²) < 4.78 is 20.9. The van der Waals surface area contributed by atoms with Gasteiger partial charge in [-0.2, -0.15) is 0 Å². The maximum atomic E-state index is 13.9. The van der Waals surface area contributed by atoms with Gasteiger partial charge in [0.15, 0.2) is 11.6 Å². The Morgan fingerprint density at radius 3 is 2.29 bits per heavy atom. The predicted molar refractivity (Wildman–Crippen MR) is 114 cm³/mol. The molecule has 3 rings (SSSR count). The molecule has 1 aliphatic heterocycles. The second-order valence-corrected chi connectivity index (χ2v) is 8.37. The molecule has 28 heavy (non-hydrogen) atoms. The second-order valence-electron chi connectivity index (χ2n) is 8.37. The lowest BCUT2D eigenvalue weighted by Gasteiger charge is -2.40. The molecule has 1 fully saturated rings. The van der Waals surface area contributed by atoms with E-state index < -0.39 is 0 Å². The number of ether oxygens (including phenoxy) is 1. The molecule has 2 nitrogen and oxygen atoms in total. The minimum Gasteiger partial charge on any atom is -0.490 e. The molecule has 2 aromatic rings. The number of nitrogens with zero attached hydrogens (tertiary/aromatic N) is 1. The molecule has 1 heterocycles. The predicted octanol–water partition coefficient (Wildman–Crippen LogP) is 6.27. The Morgan fingerprint density at radius 2 is 1.57 bits per heavy atom. The van der Waals surface area contributed by atoms with Crippen molar-refractivity contribution in [1.82, 2.24) is 0 Å². The highest BCUT2D eigenvalue weighted by Gasteiger charge is 2.27. The summed E-state index contributed by atoms with van der Waals surface area (Å²) in [6.45, 7) is 7.37. The van der Waals surface area contributed by atoms with E-state index in [1.165, 1.54) is 67.9 Å². The first-order valence-electron chi connectivity index (χ1n) is 11.0. The summed E-state index contributed by atoms with van der Waals surface area (Å²) in [5.41, 5.74) is 2.32. The lowest BCUT2D eigenvalue weighted by Crippen LogP contribution is -2.49. The summed E-state index contributed by atoms with van der Waals surface area (Å²) in [5, 5.41) is 0. The summed E-state index contributed by atoms with van der Waals surface area (Å²) in [6, 6.07) is 16.0. The number of para-hydroxylation sites is 1. The number of hydrogen-bond donors (Lipinski definition) is 0. The third-order valence-electron chi connectivity index (χ3n) is 6.06. The third kappa shape index (κ3) is 6.07. The molecule has 2 aromatic carbocycles. The fourth-order valence-corrected chi connectivity index (χ4v) is 4.49. The number of rotatable bonds is 8. The fraction of sp³-hybridized carbons (Fsp3) is 0.520. The molecule has 0 radical (unpaired) electrons. The SMILES string of the molecule is Cc1cccc(F)c1OCCCC[N+]1(Cc2ccccc2)CCCCCCC1. The first kappa shape index (κ1) is 20.9. The zero-order valence-corrected chi connectivity index (χ0v) is 17.3. The van der Waals surface area contributed by atoms with Crippen LogP contribution in [0.4, 0.5) is 4.39 Å². The minimum atomic E-state index is -0.253. The van der Waals surface area contributed by atoms with Gasteiger partial charge in [0.1, 0.15) is 6.54 Å². The van der Waals surface area contributed by atoms with Gasteiger partial charge < -0.3 is 9.22 Å². The highest BCUT2D eigenvalue weighted by atomic mass is 19.1. The van der Waals surface area contributed by atoms with Crippen molar-refractivity contribution in [3.05, 3.63) is 65.5 Å². The van der Waals surface area contributed by atoms with E-state index >= 15 is 0 Å². The second kappa shape index (κ2) is 10.6. The number of aryl methyl sites for hydroxylation is 1. The van der Waals surface area contributed by atoms with Crippen molar-refractivity contribution in [1.29, 1.82) is 0 Å². The Bertz CT molecular complexity index is 687. The van der Waals surface area contributed by atoms with Gasteiger partial charge in [0.25, 0.3) is 0 Å². The van der Waals surface area contributed by atoms with Crippen LogP contribution < -0.4 is 4.74 Å². The number of quaternary nitrogens is 1. The van der Waals surface area contributed by atoms with E-state index in [1.807, 2.05) is 13.0 Å². The van der Waals surface area contributed by atoms with Crippen LogP contribution in [0.1, 0.15) is 56.1 Å². The summed E-state index contributed by atoms with van der Waals surface area (Å²) in [5.74, 6) is 0.165. The van der Waals surface area contributed by atoms with Crippen LogP contribution in [0.25, 0.3) is 0 Å². The zero-order chi connectivity index (χ0) is 19.7. The van der Waals surface area contributed by atoms with E-state index in [2.05, 4.69) is 30.3 Å². The number of likely N-dealkylation sites (tertiary alicyclic amines) is 1. The smallest absolute Gasteiger partial charge is 0.165 e. The van der Waals surface area contributed by atoms with Crippen LogP contribution in [0.3, 0.4) is 0 Å². The Labute approximate surface area is 169 Å². The van der Waals surface area contributed by atoms with Crippen LogP contribution in [0.5, 0.6) is 5.75 Å². The first-order valence-corrected chi connectivity index (χ1v) is 11.0. The van der Waals surface area contributed by atoms with Crippen LogP contribution >= 0.6 is 0 Å². The van der Waals surface area contributed by atoms with Gasteiger partial charge in [-0.15, -0.1) is 0 Å². The van der Waals surface area contributed by atoms with Crippen molar-refractivity contribution in [2.45, 2.75) is 58.4 Å². The van der Waals surface area contributed by atoms with Crippen molar-refractivity contribution in [3.63, 3.8) is 0 Å². The quantitative estimate of drug-likeness (QED) is 0.385. The van der Waals surface area contributed by atoms with Crippen LogP contribution in [0, 0.1) is 12.7 Å². The Morgan fingerprint density at radius 1 is 0.857 bits per heavy atom. The molecule has 0 aliphatic carbocycles. The van der Waals surface area contributed by atoms with E-state index in [4.69, 9.17) is 4.74 Å². The molecule has 0 unspecified atom stereocenters. The van der Waals surface area contributed by atoms with Gasteiger partial charge >= 0.3 is 0 Å². The third-order valence-corrected chi connectivity index (χ3v) is 6.06. The van der Waals surface area contributed by atoms with Crippen molar-refractivity contribution in [2.24, 2.45) is 0 Å². The van der Waals surface area contributed by atoms with E-state index in [1.54, 1.807) is 6.07 Å². The van der Waals surface area contributed by atoms with Gasteiger partial charge in [0.2, 0.25) is 0 Å². The number of unbranched alkanes of at least 4 members (excludes halogenated alkanes) is 1. The highest BCUT2D eigenvalue weighted by molar-refractivity contribution is 5.33. The average Bonchev–Trinajstić information content (AvgIpc) is 2.67. The Balaban J connectivity index is 1.55. The minimum absolute atomic E-state index is 0.253. The summed E-state index contributed by atoms with van der Waals surface area (Å²) in [6.07, 6.45) is 8.88. The fourth-order valence-electron chi connectivity index (χ4n) is 4.49. The average molecular weight is 385 g/mol. The summed E-state index contributed by atoms with van der Waals surface area (Å²) >= 11 is 0. The Hall–Kier alpha value is -1.87. The van der Waals surface area contributed by atoms with Crippen molar-refractivity contribution in [3.8, 4) is 5.75 Å². The molecular formula is C25H35FNO+. The van der Waals surface area contributed by atoms with Gasteiger partial charge in [0, 0.05) is 5.56 Å². The van der Waals surface area contributed by atoms with Crippen molar-refractivity contribution >= 4 is 0 Å². The molecule has 0 bridgehead atoms. The van der Waals surface area contributed by atoms with Gasteiger partial charge in [0.05, 0.1) is 26.2 Å². The van der Waals surface area contributed by atoms with Crippen LogP contribution in [0.15, 0.2) is 48.5 Å². The van der Waals surface area contributed by atoms with Crippen LogP contribution in [0.2, 0.25) is 0 Å². The van der Waals surface area contributed by atoms with Crippen LogP contribution in [-0.4, -0.2) is 30.7 Å². The molecule has 3 heteroatoms. The molecule has 0 amide bonds. The van der Waals surface area contributed by atoms with E-state index in [0.717, 1.165) is 24.9 Å². The summed E-state index contributed by atoms with van der Waals surface area (Å²) in [4.78, 5) is 0. The lowest BCUT2D eigenvalue weighted by atomic mass is 10.0. The van der Waals surface area contributed by atoms with Gasteiger partial charge in [-0.1, -0.05) is 48.9 Å². The largest absolute Gasteiger partial charge is 0.490 e. The van der Waals surface area contributed by atoms with Crippen molar-refractivity contribution < 1.29 is 13.6 Å². The van der Waals surface area contributed by atoms with Crippen LogP contribution in [-0.2, 0) is 6.54 Å². The van der Waals surface area contributed by atoms with E-state index in [0.29, 0.717) is 12.4 Å². The molecule has 0 spiro atoms. The number of benzene rings is 2. The monoisotopic (exact) mass is 384 g/mol. The molecular weight excluding hydrogens is 349 g/mol. The molecule has 0 atom stereocenters. The molecule has 0 saturated carbocycles. The number of halogens is 1. The lowest BCUT2D eigenvalue weighted by molar-refractivity contribution is -0.942. The topological polar surface area (TPSA) is 9.23 Å². The van der Waals surface area contributed by atoms with Gasteiger partial charge in [-0.25, -0.2) is 4.39 Å². The summed E-state index contributed by atoms with van der Waals surface area (Å²) in [7, 11) is 0. The highest BCUT2D eigenvalue weighted by Crippen LogP contribution is 2.24. The van der Waals surface area contributed by atoms with E-state index in [9.17, 15) is 4.39 Å². The standard InChI is InChI=1S/C25H35FNO/c1-22-13-12-16-24(26)25(22)28-20-11-10-19-27(17-8-3-2-4-9-18-27)21-23-14-6-5-7-15-23/h5-7,12-16H,2-4,8-11,17-21H2,1H3/q+1. The Kier molecular flexibility index (Phi) is 7.90. The number of hydrogen-bond acceptors (Lipinski definition) is 1. The maximum Gasteiger partial charge on any atom is 0.165 e. The zero-order valence-electron chi connectivity index (χ0n) is 17.3. The van der Waals surface area contributed by atoms with Gasteiger partial charge in [-0.3, -0.25) is 0 Å². The van der Waals surface area contributed by atoms with Gasteiger partial charge in [-0.05, 0) is 57.1 Å². The van der Waals surface area contributed by atoms with Crippen molar-refractivity contribution in [2.75, 3.05) is 26.2 Å². The molecule has 0 N–H and O–H groups in total. The molecule has 0 aromatic heterocycles. The molecule has 152 valence electrons. The van der Waals surface area contributed by atoms with E-state index in [-0.39, 0.29) is 5.82 Å². The molecule has 1 saturated heterocycles. The maximum absolute atomic E-state index is 13.9. The normalized spacial score (nSPS) is 16.9.